The number of nitrogens with zero attached hydrogens (tertiary/aromatic N) is 3. The SMILES string of the molecule is CCn1ncc(CNC(=O)C2CC(c3ccc(OC)cc3)=NO2)c1C. The first-order chi connectivity index (χ1) is 12.1. The lowest BCUT2D eigenvalue weighted by atomic mass is 10.0. The fourth-order valence-electron chi connectivity index (χ4n) is 2.75. The lowest BCUT2D eigenvalue weighted by Crippen LogP contribution is -2.34. The van der Waals surface area contributed by atoms with Crippen molar-refractivity contribution in [1.82, 2.24) is 15.1 Å². The third kappa shape index (κ3) is 3.65. The van der Waals surface area contributed by atoms with Gasteiger partial charge in [-0.15, -0.1) is 0 Å². The lowest BCUT2D eigenvalue weighted by molar-refractivity contribution is -0.131. The smallest absolute Gasteiger partial charge is 0.264 e. The van der Waals surface area contributed by atoms with E-state index < -0.39 is 6.10 Å². The first-order valence-electron chi connectivity index (χ1n) is 8.28. The van der Waals surface area contributed by atoms with Crippen LogP contribution in [-0.4, -0.2) is 34.6 Å². The molecule has 0 saturated heterocycles. The molecule has 1 unspecified atom stereocenters. The number of amides is 1. The van der Waals surface area contributed by atoms with Crippen LogP contribution in [0.4, 0.5) is 0 Å². The van der Waals surface area contributed by atoms with Crippen molar-refractivity contribution in [3.63, 3.8) is 0 Å². The van der Waals surface area contributed by atoms with Crippen LogP contribution in [0.3, 0.4) is 0 Å². The maximum absolute atomic E-state index is 12.3. The van der Waals surface area contributed by atoms with Crippen LogP contribution in [0.2, 0.25) is 0 Å². The van der Waals surface area contributed by atoms with E-state index in [1.165, 1.54) is 0 Å². The quantitative estimate of drug-likeness (QED) is 0.871. The van der Waals surface area contributed by atoms with Crippen LogP contribution in [0.15, 0.2) is 35.6 Å². The van der Waals surface area contributed by atoms with E-state index in [2.05, 4.69) is 15.6 Å². The molecule has 0 saturated carbocycles. The van der Waals surface area contributed by atoms with Crippen molar-refractivity contribution in [3.8, 4) is 5.75 Å². The topological polar surface area (TPSA) is 77.7 Å². The van der Waals surface area contributed by atoms with Crippen molar-refractivity contribution in [2.75, 3.05) is 7.11 Å². The van der Waals surface area contributed by atoms with Crippen molar-refractivity contribution in [3.05, 3.63) is 47.3 Å². The number of methoxy groups -OCH3 is 1. The number of ether oxygens (including phenoxy) is 1. The zero-order valence-corrected chi connectivity index (χ0v) is 14.7. The molecule has 3 rings (SSSR count). The summed E-state index contributed by atoms with van der Waals surface area (Å²) in [5.74, 6) is 0.608. The minimum absolute atomic E-state index is 0.170. The van der Waals surface area contributed by atoms with Gasteiger partial charge < -0.3 is 14.9 Å². The number of nitrogens with one attached hydrogen (secondary N) is 1. The number of oxime groups is 1. The van der Waals surface area contributed by atoms with E-state index in [0.29, 0.717) is 13.0 Å². The Hall–Kier alpha value is -2.83. The summed E-state index contributed by atoms with van der Waals surface area (Å²) in [7, 11) is 1.62. The highest BCUT2D eigenvalue weighted by Gasteiger charge is 2.28. The fraction of sp³-hybridized carbons (Fsp3) is 0.389. The highest BCUT2D eigenvalue weighted by atomic mass is 16.6. The summed E-state index contributed by atoms with van der Waals surface area (Å²) < 4.78 is 7.04. The Bertz CT molecular complexity index is 780. The standard InChI is InChI=1S/C18H22N4O3/c1-4-22-12(2)14(11-20-22)10-19-18(23)17-9-16(21-25-17)13-5-7-15(24-3)8-6-13/h5-8,11,17H,4,9-10H2,1-3H3,(H,19,23). The van der Waals surface area contributed by atoms with Crippen molar-refractivity contribution in [1.29, 1.82) is 0 Å². The molecule has 2 aromatic rings. The predicted molar refractivity (Wildman–Crippen MR) is 93.5 cm³/mol. The summed E-state index contributed by atoms with van der Waals surface area (Å²) in [6, 6.07) is 7.53. The Labute approximate surface area is 146 Å². The molecule has 2 heterocycles. The van der Waals surface area contributed by atoms with Gasteiger partial charge in [0.05, 0.1) is 19.0 Å². The van der Waals surface area contributed by atoms with E-state index in [9.17, 15) is 4.79 Å². The molecule has 1 aliphatic rings. The summed E-state index contributed by atoms with van der Waals surface area (Å²) >= 11 is 0. The molecule has 7 nitrogen and oxygen atoms in total. The van der Waals surface area contributed by atoms with Crippen LogP contribution >= 0.6 is 0 Å². The van der Waals surface area contributed by atoms with E-state index in [4.69, 9.17) is 9.57 Å². The Kier molecular flexibility index (Phi) is 5.02. The zero-order valence-electron chi connectivity index (χ0n) is 14.7. The molecule has 1 aromatic heterocycles. The Balaban J connectivity index is 1.55. The highest BCUT2D eigenvalue weighted by Crippen LogP contribution is 2.19. The largest absolute Gasteiger partial charge is 0.497 e. The maximum Gasteiger partial charge on any atom is 0.264 e. The minimum atomic E-state index is -0.598. The molecule has 1 amide bonds. The van der Waals surface area contributed by atoms with Gasteiger partial charge in [-0.1, -0.05) is 5.16 Å². The van der Waals surface area contributed by atoms with Crippen LogP contribution in [0.5, 0.6) is 5.75 Å². The van der Waals surface area contributed by atoms with Gasteiger partial charge in [0.1, 0.15) is 5.75 Å². The number of hydrogen-bond donors (Lipinski definition) is 1. The average Bonchev–Trinajstić information content (AvgIpc) is 3.27. The summed E-state index contributed by atoms with van der Waals surface area (Å²) in [5, 5.41) is 11.2. The number of carbonyl (C=O) groups excluding carboxylic acids is 1. The van der Waals surface area contributed by atoms with Crippen LogP contribution in [0.1, 0.15) is 30.2 Å². The van der Waals surface area contributed by atoms with Crippen molar-refractivity contribution in [2.45, 2.75) is 39.5 Å². The number of aryl methyl sites for hydroxylation is 1. The van der Waals surface area contributed by atoms with E-state index in [0.717, 1.165) is 34.8 Å². The third-order valence-corrected chi connectivity index (χ3v) is 4.34. The summed E-state index contributed by atoms with van der Waals surface area (Å²) in [5.41, 5.74) is 3.75. The van der Waals surface area contributed by atoms with Crippen molar-refractivity contribution < 1.29 is 14.4 Å². The summed E-state index contributed by atoms with van der Waals surface area (Å²) in [4.78, 5) is 17.6. The van der Waals surface area contributed by atoms with Gasteiger partial charge in [0.15, 0.2) is 0 Å². The molecule has 0 fully saturated rings. The van der Waals surface area contributed by atoms with Gasteiger partial charge in [0.25, 0.3) is 5.91 Å². The second-order valence-electron chi connectivity index (χ2n) is 5.85. The Morgan fingerprint density at radius 1 is 1.40 bits per heavy atom. The number of benzene rings is 1. The molecule has 1 atom stereocenters. The summed E-state index contributed by atoms with van der Waals surface area (Å²) in [6.45, 7) is 5.27. The van der Waals surface area contributed by atoms with Gasteiger partial charge in [0, 0.05) is 30.8 Å². The fourth-order valence-corrected chi connectivity index (χ4v) is 2.75. The van der Waals surface area contributed by atoms with Gasteiger partial charge >= 0.3 is 0 Å². The molecule has 1 N–H and O–H groups in total. The third-order valence-electron chi connectivity index (χ3n) is 4.34. The monoisotopic (exact) mass is 342 g/mol. The first-order valence-corrected chi connectivity index (χ1v) is 8.28. The second-order valence-corrected chi connectivity index (χ2v) is 5.85. The average molecular weight is 342 g/mol. The second kappa shape index (κ2) is 7.38. The van der Waals surface area contributed by atoms with Crippen LogP contribution in [-0.2, 0) is 22.7 Å². The number of aromatic nitrogens is 2. The zero-order chi connectivity index (χ0) is 17.8. The van der Waals surface area contributed by atoms with E-state index in [1.54, 1.807) is 13.3 Å². The maximum atomic E-state index is 12.3. The molecule has 7 heteroatoms. The van der Waals surface area contributed by atoms with E-state index in [1.807, 2.05) is 42.8 Å². The molecule has 0 radical (unpaired) electrons. The number of hydrogen-bond acceptors (Lipinski definition) is 5. The Morgan fingerprint density at radius 3 is 2.80 bits per heavy atom. The van der Waals surface area contributed by atoms with Gasteiger partial charge in [0.2, 0.25) is 6.10 Å². The molecule has 25 heavy (non-hydrogen) atoms. The van der Waals surface area contributed by atoms with Crippen LogP contribution in [0.25, 0.3) is 0 Å². The summed E-state index contributed by atoms with van der Waals surface area (Å²) in [6.07, 6.45) is 1.64. The Morgan fingerprint density at radius 2 is 2.16 bits per heavy atom. The normalized spacial score (nSPS) is 16.3. The number of rotatable bonds is 6. The molecule has 0 spiro atoms. The first kappa shape index (κ1) is 17.0. The molecule has 132 valence electrons. The van der Waals surface area contributed by atoms with Crippen molar-refractivity contribution >= 4 is 11.6 Å². The van der Waals surface area contributed by atoms with E-state index in [-0.39, 0.29) is 5.91 Å². The molecule has 0 bridgehead atoms. The van der Waals surface area contributed by atoms with Crippen LogP contribution < -0.4 is 10.1 Å². The van der Waals surface area contributed by atoms with Crippen molar-refractivity contribution in [2.24, 2.45) is 5.16 Å². The lowest BCUT2D eigenvalue weighted by Gasteiger charge is -2.09. The molecule has 1 aromatic carbocycles. The molecule has 0 aliphatic carbocycles. The minimum Gasteiger partial charge on any atom is -0.497 e. The molecular weight excluding hydrogens is 320 g/mol. The van der Waals surface area contributed by atoms with Gasteiger partial charge in [-0.3, -0.25) is 9.48 Å². The van der Waals surface area contributed by atoms with E-state index >= 15 is 0 Å². The van der Waals surface area contributed by atoms with Crippen LogP contribution in [0, 0.1) is 6.92 Å². The molecular formula is C18H22N4O3. The molecule has 1 aliphatic heterocycles. The predicted octanol–water partition coefficient (Wildman–Crippen LogP) is 2.03. The highest BCUT2D eigenvalue weighted by molar-refractivity contribution is 6.04. The number of carbonyl (C=O) groups is 1. The van der Waals surface area contributed by atoms with Gasteiger partial charge in [-0.25, -0.2) is 0 Å². The van der Waals surface area contributed by atoms with Gasteiger partial charge in [-0.2, -0.15) is 5.10 Å². The van der Waals surface area contributed by atoms with Gasteiger partial charge in [-0.05, 0) is 43.7 Å².